The highest BCUT2D eigenvalue weighted by molar-refractivity contribution is 5.72. The van der Waals surface area contributed by atoms with Gasteiger partial charge in [0.15, 0.2) is 12.1 Å². The number of quaternary nitrogens is 1. The Morgan fingerprint density at radius 1 is 0.564 bits per heavy atom. The SMILES string of the molecule is CC/C=C/C/C=C/CCCCCCCC(=O)OC(COCCC(C(=O)O)[N+](C)(C)C)COC(=O)CCCCCCCCCCCCCCCCCCCCC. The smallest absolute Gasteiger partial charge is 0.362 e. The minimum atomic E-state index is -0.876. The Balaban J connectivity index is 4.24. The summed E-state index contributed by atoms with van der Waals surface area (Å²) in [5.41, 5.74) is 0. The van der Waals surface area contributed by atoms with Gasteiger partial charge >= 0.3 is 17.9 Å². The quantitative estimate of drug-likeness (QED) is 0.0285. The molecule has 0 bridgehead atoms. The average Bonchev–Trinajstić information content (AvgIpc) is 3.14. The molecule has 0 aliphatic rings. The maximum absolute atomic E-state index is 12.7. The first kappa shape index (κ1) is 52.8. The number of carbonyl (C=O) groups excluding carboxylic acids is 2. The number of allylic oxidation sites excluding steroid dienone is 4. The van der Waals surface area contributed by atoms with Crippen molar-refractivity contribution in [1.82, 2.24) is 0 Å². The van der Waals surface area contributed by atoms with E-state index < -0.39 is 18.1 Å². The van der Waals surface area contributed by atoms with E-state index in [1.165, 1.54) is 103 Å². The topological polar surface area (TPSA) is 99.1 Å². The van der Waals surface area contributed by atoms with Crippen molar-refractivity contribution in [1.29, 1.82) is 0 Å². The molecule has 0 radical (unpaired) electrons. The molecule has 2 atom stereocenters. The third kappa shape index (κ3) is 37.2. The van der Waals surface area contributed by atoms with E-state index in [1.54, 1.807) is 0 Å². The zero-order chi connectivity index (χ0) is 40.7. The number of likely N-dealkylation sites (N-methyl/N-ethyl adjacent to an activating group) is 1. The average molecular weight is 779 g/mol. The van der Waals surface area contributed by atoms with Gasteiger partial charge in [-0.05, 0) is 38.5 Å². The number of carboxylic acid groups (broad SMARTS) is 1. The van der Waals surface area contributed by atoms with Crippen LogP contribution in [0, 0.1) is 0 Å². The number of hydrogen-bond donors (Lipinski definition) is 1. The molecule has 0 heterocycles. The number of hydrogen-bond acceptors (Lipinski definition) is 6. The second-order valence-electron chi connectivity index (χ2n) is 16.6. The molecule has 0 aromatic rings. The number of carboxylic acids is 1. The summed E-state index contributed by atoms with van der Waals surface area (Å²) in [5.74, 6) is -1.48. The zero-order valence-electron chi connectivity index (χ0n) is 36.6. The molecule has 0 fully saturated rings. The maximum atomic E-state index is 12.7. The van der Waals surface area contributed by atoms with Crippen molar-refractivity contribution >= 4 is 17.9 Å². The van der Waals surface area contributed by atoms with E-state index in [0.29, 0.717) is 19.3 Å². The first-order valence-electron chi connectivity index (χ1n) is 22.9. The van der Waals surface area contributed by atoms with Gasteiger partial charge in [0.25, 0.3) is 0 Å². The van der Waals surface area contributed by atoms with Gasteiger partial charge in [0.2, 0.25) is 0 Å². The van der Waals surface area contributed by atoms with Crippen LogP contribution in [0.5, 0.6) is 0 Å². The normalized spacial score (nSPS) is 13.1. The van der Waals surface area contributed by atoms with E-state index in [0.717, 1.165) is 70.6 Å². The number of rotatable bonds is 41. The van der Waals surface area contributed by atoms with Crippen LogP contribution < -0.4 is 0 Å². The molecule has 0 saturated heterocycles. The number of aliphatic carboxylic acids is 1. The van der Waals surface area contributed by atoms with Gasteiger partial charge in [0, 0.05) is 19.3 Å². The van der Waals surface area contributed by atoms with Crippen molar-refractivity contribution < 1.29 is 38.2 Å². The molecule has 0 aromatic carbocycles. The van der Waals surface area contributed by atoms with Crippen LogP contribution in [0.3, 0.4) is 0 Å². The van der Waals surface area contributed by atoms with Gasteiger partial charge < -0.3 is 23.8 Å². The molecule has 0 amide bonds. The molecule has 8 nitrogen and oxygen atoms in total. The van der Waals surface area contributed by atoms with Crippen molar-refractivity contribution in [2.75, 3.05) is 41.0 Å². The fourth-order valence-corrected chi connectivity index (χ4v) is 6.84. The molecule has 0 spiro atoms. The summed E-state index contributed by atoms with van der Waals surface area (Å²) >= 11 is 0. The van der Waals surface area contributed by atoms with Crippen molar-refractivity contribution in [3.05, 3.63) is 24.3 Å². The molecule has 0 aliphatic carbocycles. The van der Waals surface area contributed by atoms with Crippen LogP contribution in [0.25, 0.3) is 0 Å². The summed E-state index contributed by atoms with van der Waals surface area (Å²) in [6.07, 6.45) is 42.3. The van der Waals surface area contributed by atoms with Crippen LogP contribution >= 0.6 is 0 Å². The number of ether oxygens (including phenoxy) is 3. The second-order valence-corrected chi connectivity index (χ2v) is 16.6. The van der Waals surface area contributed by atoms with Crippen LogP contribution in [0.4, 0.5) is 0 Å². The molecule has 0 rings (SSSR count). The van der Waals surface area contributed by atoms with E-state index in [2.05, 4.69) is 38.2 Å². The lowest BCUT2D eigenvalue weighted by Gasteiger charge is -2.31. The van der Waals surface area contributed by atoms with E-state index >= 15 is 0 Å². The van der Waals surface area contributed by atoms with Crippen LogP contribution in [0.2, 0.25) is 0 Å². The Bertz CT molecular complexity index is 957. The van der Waals surface area contributed by atoms with Crippen molar-refractivity contribution in [2.24, 2.45) is 0 Å². The molecule has 1 N–H and O–H groups in total. The van der Waals surface area contributed by atoms with Gasteiger partial charge in [0.1, 0.15) is 6.61 Å². The van der Waals surface area contributed by atoms with Crippen LogP contribution in [0.15, 0.2) is 24.3 Å². The first-order valence-corrected chi connectivity index (χ1v) is 22.9. The third-order valence-corrected chi connectivity index (χ3v) is 10.4. The van der Waals surface area contributed by atoms with Gasteiger partial charge in [-0.1, -0.05) is 173 Å². The number of nitrogens with zero attached hydrogens (tertiary/aromatic N) is 1. The predicted octanol–water partition coefficient (Wildman–Crippen LogP) is 12.5. The van der Waals surface area contributed by atoms with Crippen molar-refractivity contribution in [3.63, 3.8) is 0 Å². The van der Waals surface area contributed by atoms with Gasteiger partial charge in [-0.2, -0.15) is 0 Å². The van der Waals surface area contributed by atoms with Gasteiger partial charge in [-0.3, -0.25) is 9.59 Å². The predicted molar refractivity (Wildman–Crippen MR) is 229 cm³/mol. The van der Waals surface area contributed by atoms with Gasteiger partial charge in [-0.25, -0.2) is 4.79 Å². The summed E-state index contributed by atoms with van der Waals surface area (Å²) in [4.78, 5) is 37.0. The lowest BCUT2D eigenvalue weighted by atomic mass is 10.0. The van der Waals surface area contributed by atoms with E-state index in [1.807, 2.05) is 21.1 Å². The molecule has 2 unspecified atom stereocenters. The largest absolute Gasteiger partial charge is 0.477 e. The standard InChI is InChI=1S/C47H87NO7/c1-6-8-10-12-14-16-18-20-21-22-23-24-25-26-28-29-31-33-35-37-45(49)54-42-43(41-53-40-39-44(47(51)52)48(3,4)5)55-46(50)38-36-34-32-30-27-19-17-15-13-11-9-7-2/h9,11,15,17,43-44H,6-8,10,12-14,16,18-42H2,1-5H3/p+1/b11-9+,17-15+. The minimum absolute atomic E-state index is 0.0524. The molecule has 322 valence electrons. The second kappa shape index (κ2) is 38.7. The number of unbranched alkanes of at least 4 members (excludes halogenated alkanes) is 23. The molecule has 0 aliphatic heterocycles. The summed E-state index contributed by atoms with van der Waals surface area (Å²) in [7, 11) is 5.52. The van der Waals surface area contributed by atoms with Gasteiger partial charge in [0.05, 0.1) is 34.4 Å². The highest BCUT2D eigenvalue weighted by Gasteiger charge is 2.31. The van der Waals surface area contributed by atoms with E-state index in [4.69, 9.17) is 14.2 Å². The number of carbonyl (C=O) groups is 3. The Labute approximate surface area is 339 Å². The highest BCUT2D eigenvalue weighted by Crippen LogP contribution is 2.16. The Morgan fingerprint density at radius 3 is 1.49 bits per heavy atom. The first-order chi connectivity index (χ1) is 26.6. The molecule has 55 heavy (non-hydrogen) atoms. The molecular formula is C47H88NO7+. The maximum Gasteiger partial charge on any atom is 0.362 e. The monoisotopic (exact) mass is 779 g/mol. The highest BCUT2D eigenvalue weighted by atomic mass is 16.6. The molecule has 0 saturated carbocycles. The molecule has 8 heteroatoms. The fourth-order valence-electron chi connectivity index (χ4n) is 6.84. The van der Waals surface area contributed by atoms with Crippen molar-refractivity contribution in [2.45, 2.75) is 219 Å². The Morgan fingerprint density at radius 2 is 1.02 bits per heavy atom. The lowest BCUT2D eigenvalue weighted by Crippen LogP contribution is -2.50. The van der Waals surface area contributed by atoms with Crippen LogP contribution in [-0.2, 0) is 28.6 Å². The summed E-state index contributed by atoms with van der Waals surface area (Å²) in [6.45, 7) is 4.63. The lowest BCUT2D eigenvalue weighted by molar-refractivity contribution is -0.887. The summed E-state index contributed by atoms with van der Waals surface area (Å²) in [6, 6.07) is -0.614. The Kier molecular flexibility index (Phi) is 37.1. The zero-order valence-corrected chi connectivity index (χ0v) is 36.6. The summed E-state index contributed by atoms with van der Waals surface area (Å²) < 4.78 is 17.3. The third-order valence-electron chi connectivity index (χ3n) is 10.4. The minimum Gasteiger partial charge on any atom is -0.477 e. The Hall–Kier alpha value is -2.19. The van der Waals surface area contributed by atoms with E-state index in [9.17, 15) is 19.5 Å². The van der Waals surface area contributed by atoms with E-state index in [-0.39, 0.29) is 36.2 Å². The summed E-state index contributed by atoms with van der Waals surface area (Å²) in [5, 5.41) is 9.61. The molecular weight excluding hydrogens is 691 g/mol. The fraction of sp³-hybridized carbons (Fsp3) is 0.851. The molecule has 0 aromatic heterocycles. The van der Waals surface area contributed by atoms with Crippen LogP contribution in [-0.4, -0.2) is 80.6 Å². The van der Waals surface area contributed by atoms with Crippen LogP contribution in [0.1, 0.15) is 206 Å². The van der Waals surface area contributed by atoms with Crippen molar-refractivity contribution in [3.8, 4) is 0 Å². The van der Waals surface area contributed by atoms with Gasteiger partial charge in [-0.15, -0.1) is 0 Å². The number of esters is 2.